The molecule has 3 heteroatoms. The van der Waals surface area contributed by atoms with E-state index >= 15 is 0 Å². The molecule has 0 aliphatic carbocycles. The summed E-state index contributed by atoms with van der Waals surface area (Å²) < 4.78 is 0. The minimum atomic E-state index is 0.282. The molecule has 0 saturated carbocycles. The molecule has 0 amide bonds. The molecule has 0 saturated heterocycles. The molecule has 0 aromatic heterocycles. The van der Waals surface area contributed by atoms with Crippen LogP contribution in [0.5, 0.6) is 0 Å². The smallest absolute Gasteiger partial charge is 0.0512 e. The first-order valence-electron chi connectivity index (χ1n) is 6.42. The van der Waals surface area contributed by atoms with Gasteiger partial charge in [0.05, 0.1) is 6.54 Å². The average molecular weight is 217 g/mol. The van der Waals surface area contributed by atoms with Crippen LogP contribution in [0.2, 0.25) is 0 Å². The van der Waals surface area contributed by atoms with Crippen molar-refractivity contribution in [2.24, 2.45) is 0 Å². The van der Waals surface area contributed by atoms with Crippen LogP contribution in [0.4, 0.5) is 0 Å². The summed E-state index contributed by atoms with van der Waals surface area (Å²) in [4.78, 5) is 0. The Morgan fingerprint density at radius 2 is 1.07 bits per heavy atom. The lowest BCUT2D eigenvalue weighted by Gasteiger charge is -2.05. The second-order valence-electron chi connectivity index (χ2n) is 4.28. The van der Waals surface area contributed by atoms with Gasteiger partial charge in [-0.05, 0) is 6.42 Å². The van der Waals surface area contributed by atoms with Crippen LogP contribution >= 0.6 is 0 Å². The Morgan fingerprint density at radius 1 is 0.667 bits per heavy atom. The second kappa shape index (κ2) is 12.0. The molecule has 92 valence electrons. The molecule has 0 radical (unpaired) electrons. The molecule has 0 atom stereocenters. The Balaban J connectivity index is 2.87. The van der Waals surface area contributed by atoms with Gasteiger partial charge in [0.2, 0.25) is 0 Å². The lowest BCUT2D eigenvalue weighted by Crippen LogP contribution is -2.14. The van der Waals surface area contributed by atoms with E-state index in [-0.39, 0.29) is 5.23 Å². The summed E-state index contributed by atoms with van der Waals surface area (Å²) in [6.45, 7) is 2.61. The summed E-state index contributed by atoms with van der Waals surface area (Å²) in [6.07, 6.45) is 12.7. The van der Waals surface area contributed by atoms with Crippen molar-refractivity contribution in [3.63, 3.8) is 0 Å². The van der Waals surface area contributed by atoms with Gasteiger partial charge in [-0.1, -0.05) is 69.9 Å². The second-order valence-corrected chi connectivity index (χ2v) is 4.28. The van der Waals surface area contributed by atoms with Crippen molar-refractivity contribution in [3.8, 4) is 0 Å². The zero-order chi connectivity index (χ0) is 11.4. The van der Waals surface area contributed by atoms with Crippen molar-refractivity contribution < 1.29 is 10.4 Å². The molecular weight excluding hydrogens is 190 g/mol. The van der Waals surface area contributed by atoms with Crippen LogP contribution in [-0.2, 0) is 0 Å². The summed E-state index contributed by atoms with van der Waals surface area (Å²) in [5.41, 5.74) is 0. The van der Waals surface area contributed by atoms with E-state index in [0.29, 0.717) is 6.54 Å². The molecule has 0 bridgehead atoms. The van der Waals surface area contributed by atoms with Gasteiger partial charge >= 0.3 is 0 Å². The van der Waals surface area contributed by atoms with Gasteiger partial charge in [0.1, 0.15) is 0 Å². The summed E-state index contributed by atoms with van der Waals surface area (Å²) in [5.74, 6) is 0. The Kier molecular flexibility index (Phi) is 11.9. The van der Waals surface area contributed by atoms with Gasteiger partial charge in [-0.2, -0.15) is 0 Å². The van der Waals surface area contributed by atoms with E-state index in [2.05, 4.69) is 6.92 Å². The van der Waals surface area contributed by atoms with Crippen molar-refractivity contribution in [1.29, 1.82) is 0 Å². The quantitative estimate of drug-likeness (QED) is 0.406. The first kappa shape index (κ1) is 14.9. The van der Waals surface area contributed by atoms with E-state index in [9.17, 15) is 0 Å². The van der Waals surface area contributed by atoms with Gasteiger partial charge in [0, 0.05) is 0 Å². The van der Waals surface area contributed by atoms with E-state index < -0.39 is 0 Å². The van der Waals surface area contributed by atoms with Crippen molar-refractivity contribution in [1.82, 2.24) is 5.23 Å². The maximum atomic E-state index is 8.46. The van der Waals surface area contributed by atoms with Crippen LogP contribution in [0.3, 0.4) is 0 Å². The highest BCUT2D eigenvalue weighted by molar-refractivity contribution is 4.47. The molecule has 0 aromatic rings. The molecule has 0 fully saturated rings. The number of nitrogens with zero attached hydrogens (tertiary/aromatic N) is 1. The van der Waals surface area contributed by atoms with Crippen molar-refractivity contribution in [3.05, 3.63) is 0 Å². The third-order valence-electron chi connectivity index (χ3n) is 2.71. The third-order valence-corrected chi connectivity index (χ3v) is 2.71. The fourth-order valence-corrected chi connectivity index (χ4v) is 1.74. The van der Waals surface area contributed by atoms with E-state index in [1.807, 2.05) is 0 Å². The summed E-state index contributed by atoms with van der Waals surface area (Å²) in [6, 6.07) is 0. The van der Waals surface area contributed by atoms with Gasteiger partial charge in [-0.3, -0.25) is 10.4 Å². The van der Waals surface area contributed by atoms with Crippen LogP contribution in [-0.4, -0.2) is 22.2 Å². The third kappa shape index (κ3) is 13.9. The molecule has 0 aliphatic rings. The Labute approximate surface area is 94.0 Å². The largest absolute Gasteiger partial charge is 0.290 e. The van der Waals surface area contributed by atoms with Crippen LogP contribution in [0.25, 0.3) is 0 Å². The lowest BCUT2D eigenvalue weighted by atomic mass is 10.1. The van der Waals surface area contributed by atoms with Crippen molar-refractivity contribution in [2.45, 2.75) is 71.1 Å². The first-order chi connectivity index (χ1) is 7.27. The molecular formula is C12H27NO2. The van der Waals surface area contributed by atoms with Gasteiger partial charge in [-0.15, -0.1) is 0 Å². The molecule has 0 unspecified atom stereocenters. The summed E-state index contributed by atoms with van der Waals surface area (Å²) in [7, 11) is 0. The summed E-state index contributed by atoms with van der Waals surface area (Å²) >= 11 is 0. The minimum Gasteiger partial charge on any atom is -0.290 e. The van der Waals surface area contributed by atoms with Crippen LogP contribution in [0, 0.1) is 0 Å². The monoisotopic (exact) mass is 217 g/mol. The SMILES string of the molecule is CCCCCCCCCCCCN(O)O. The van der Waals surface area contributed by atoms with Crippen LogP contribution in [0.15, 0.2) is 0 Å². The van der Waals surface area contributed by atoms with Gasteiger partial charge < -0.3 is 0 Å². The van der Waals surface area contributed by atoms with Gasteiger partial charge in [0.15, 0.2) is 0 Å². The maximum Gasteiger partial charge on any atom is 0.0512 e. The van der Waals surface area contributed by atoms with Crippen molar-refractivity contribution in [2.75, 3.05) is 6.54 Å². The highest BCUT2D eigenvalue weighted by Gasteiger charge is 1.94. The van der Waals surface area contributed by atoms with Crippen LogP contribution in [0.1, 0.15) is 71.1 Å². The Hall–Kier alpha value is -0.120. The fraction of sp³-hybridized carbons (Fsp3) is 1.00. The number of hydrogen-bond acceptors (Lipinski definition) is 3. The molecule has 0 heterocycles. The molecule has 0 rings (SSSR count). The number of unbranched alkanes of at least 4 members (excludes halogenated alkanes) is 9. The number of hydrogen-bond donors (Lipinski definition) is 2. The van der Waals surface area contributed by atoms with E-state index in [1.54, 1.807) is 0 Å². The number of hydroxylamine groups is 2. The number of rotatable bonds is 11. The highest BCUT2D eigenvalue weighted by Crippen LogP contribution is 2.10. The molecule has 0 spiro atoms. The maximum absolute atomic E-state index is 8.46. The molecule has 3 nitrogen and oxygen atoms in total. The molecule has 0 aromatic carbocycles. The standard InChI is InChI=1S/C12H27NO2/c1-2-3-4-5-6-7-8-9-10-11-12-13(14)15/h14-15H,2-12H2,1H3. The first-order valence-corrected chi connectivity index (χ1v) is 6.42. The Bertz CT molecular complexity index is 118. The van der Waals surface area contributed by atoms with Crippen molar-refractivity contribution >= 4 is 0 Å². The lowest BCUT2D eigenvalue weighted by molar-refractivity contribution is -0.306. The molecule has 15 heavy (non-hydrogen) atoms. The molecule has 0 aliphatic heterocycles. The minimum absolute atomic E-state index is 0.282. The highest BCUT2D eigenvalue weighted by atomic mass is 16.8. The predicted octanol–water partition coefficient (Wildman–Crippen LogP) is 3.99. The van der Waals surface area contributed by atoms with Gasteiger partial charge in [0.25, 0.3) is 0 Å². The van der Waals surface area contributed by atoms with Gasteiger partial charge in [-0.25, -0.2) is 0 Å². The van der Waals surface area contributed by atoms with E-state index in [4.69, 9.17) is 10.4 Å². The zero-order valence-corrected chi connectivity index (χ0v) is 10.1. The predicted molar refractivity (Wildman–Crippen MR) is 62.1 cm³/mol. The topological polar surface area (TPSA) is 43.7 Å². The van der Waals surface area contributed by atoms with E-state index in [1.165, 1.54) is 51.4 Å². The Morgan fingerprint density at radius 3 is 1.47 bits per heavy atom. The van der Waals surface area contributed by atoms with E-state index in [0.717, 1.165) is 12.8 Å². The average Bonchev–Trinajstić information content (AvgIpc) is 2.20. The summed E-state index contributed by atoms with van der Waals surface area (Å²) in [5, 5.41) is 17.2. The molecule has 2 N–H and O–H groups in total. The fourth-order valence-electron chi connectivity index (χ4n) is 1.74. The normalized spacial score (nSPS) is 11.2. The zero-order valence-electron chi connectivity index (χ0n) is 10.1. The van der Waals surface area contributed by atoms with Crippen LogP contribution < -0.4 is 0 Å².